The summed E-state index contributed by atoms with van der Waals surface area (Å²) in [6.45, 7) is 1.23. The summed E-state index contributed by atoms with van der Waals surface area (Å²) in [5.41, 5.74) is 9.04. The molecule has 0 aliphatic carbocycles. The molecule has 8 nitrogen and oxygen atoms in total. The highest BCUT2D eigenvalue weighted by Crippen LogP contribution is 2.33. The minimum atomic E-state index is 0.0606. The summed E-state index contributed by atoms with van der Waals surface area (Å²) in [7, 11) is 0. The molecule has 0 atom stereocenters. The van der Waals surface area contributed by atoms with Crippen LogP contribution in [0, 0.1) is 0 Å². The summed E-state index contributed by atoms with van der Waals surface area (Å²) in [6, 6.07) is 8.16. The van der Waals surface area contributed by atoms with E-state index < -0.39 is 0 Å². The van der Waals surface area contributed by atoms with Crippen LogP contribution in [-0.2, 0) is 13.1 Å². The molecule has 136 valence electrons. The fraction of sp³-hybridized carbons (Fsp3) is 0.167. The maximum Gasteiger partial charge on any atom is 0.170 e. The average Bonchev–Trinajstić information content (AvgIpc) is 3.40. The van der Waals surface area contributed by atoms with Crippen molar-refractivity contribution in [2.24, 2.45) is 0 Å². The lowest BCUT2D eigenvalue weighted by Crippen LogP contribution is -2.35. The van der Waals surface area contributed by atoms with E-state index in [0.29, 0.717) is 13.1 Å². The molecule has 5 heterocycles. The first-order chi connectivity index (χ1) is 13.3. The van der Waals surface area contributed by atoms with Crippen LogP contribution in [-0.4, -0.2) is 31.5 Å². The molecule has 0 fully saturated rings. The fourth-order valence-corrected chi connectivity index (χ4v) is 4.12. The van der Waals surface area contributed by atoms with Gasteiger partial charge in [-0.2, -0.15) is 5.10 Å². The number of hydrazine groups is 2. The van der Waals surface area contributed by atoms with E-state index in [4.69, 9.17) is 10.1 Å². The number of rotatable bonds is 5. The molecule has 0 saturated carbocycles. The third-order valence-corrected chi connectivity index (χ3v) is 5.50. The zero-order valence-electron chi connectivity index (χ0n) is 14.3. The summed E-state index contributed by atoms with van der Waals surface area (Å²) < 4.78 is 2.94. The van der Waals surface area contributed by atoms with Crippen molar-refractivity contribution in [2.45, 2.75) is 13.1 Å². The first-order valence-corrected chi connectivity index (χ1v) is 9.38. The molecule has 4 aromatic rings. The predicted molar refractivity (Wildman–Crippen MR) is 105 cm³/mol. The van der Waals surface area contributed by atoms with Crippen molar-refractivity contribution >= 4 is 32.9 Å². The fourth-order valence-electron chi connectivity index (χ4n) is 3.10. The first kappa shape index (κ1) is 16.2. The van der Waals surface area contributed by atoms with Crippen molar-refractivity contribution < 1.29 is 5.11 Å². The first-order valence-electron chi connectivity index (χ1n) is 8.56. The van der Waals surface area contributed by atoms with Gasteiger partial charge in [-0.3, -0.25) is 14.7 Å². The van der Waals surface area contributed by atoms with Crippen molar-refractivity contribution in [3.63, 3.8) is 0 Å². The number of hydrogen-bond acceptors (Lipinski definition) is 8. The average molecular weight is 379 g/mol. The number of pyridine rings is 2. The summed E-state index contributed by atoms with van der Waals surface area (Å²) >= 11 is 1.75. The molecular weight excluding hydrogens is 362 g/mol. The number of nitrogens with zero attached hydrogens (tertiary/aromatic N) is 5. The van der Waals surface area contributed by atoms with E-state index in [1.807, 2.05) is 41.8 Å². The SMILES string of the molecule is OCCn1cc(-c2ccc3c(n2)N(Cc2cc4cnccc4s2)NN3)cn1. The van der Waals surface area contributed by atoms with Crippen LogP contribution in [0.25, 0.3) is 21.3 Å². The number of anilines is 2. The third kappa shape index (κ3) is 3.01. The highest BCUT2D eigenvalue weighted by Gasteiger charge is 2.22. The lowest BCUT2D eigenvalue weighted by atomic mass is 10.2. The van der Waals surface area contributed by atoms with E-state index in [1.54, 1.807) is 22.2 Å². The van der Waals surface area contributed by atoms with Gasteiger partial charge >= 0.3 is 0 Å². The van der Waals surface area contributed by atoms with E-state index in [-0.39, 0.29) is 6.61 Å². The van der Waals surface area contributed by atoms with Gasteiger partial charge in [-0.1, -0.05) is 0 Å². The van der Waals surface area contributed by atoms with Gasteiger partial charge in [0.25, 0.3) is 0 Å². The Morgan fingerprint density at radius 2 is 2.15 bits per heavy atom. The van der Waals surface area contributed by atoms with Gasteiger partial charge in [-0.05, 0) is 24.3 Å². The lowest BCUT2D eigenvalue weighted by molar-refractivity contribution is 0.269. The molecular formula is C18H17N7OS. The molecule has 3 N–H and O–H groups in total. The second-order valence-electron chi connectivity index (χ2n) is 6.23. The number of aromatic nitrogens is 4. The molecule has 0 amide bonds. The Balaban J connectivity index is 1.43. The molecule has 0 bridgehead atoms. The summed E-state index contributed by atoms with van der Waals surface area (Å²) in [5, 5.41) is 16.5. The Morgan fingerprint density at radius 1 is 1.19 bits per heavy atom. The molecule has 9 heteroatoms. The van der Waals surface area contributed by atoms with Crippen LogP contribution >= 0.6 is 11.3 Å². The van der Waals surface area contributed by atoms with E-state index in [0.717, 1.165) is 28.1 Å². The summed E-state index contributed by atoms with van der Waals surface area (Å²) in [4.78, 5) is 10.2. The molecule has 4 aromatic heterocycles. The number of aliphatic hydroxyl groups excluding tert-OH is 1. The Bertz CT molecular complexity index is 1070. The zero-order valence-corrected chi connectivity index (χ0v) is 15.1. The smallest absolute Gasteiger partial charge is 0.170 e. The van der Waals surface area contributed by atoms with Gasteiger partial charge in [0.05, 0.1) is 37.3 Å². The molecule has 0 radical (unpaired) electrons. The quantitative estimate of drug-likeness (QED) is 0.490. The highest BCUT2D eigenvalue weighted by atomic mass is 32.1. The molecule has 0 aromatic carbocycles. The highest BCUT2D eigenvalue weighted by molar-refractivity contribution is 7.19. The topological polar surface area (TPSA) is 91.1 Å². The van der Waals surface area contributed by atoms with Crippen LogP contribution in [0.15, 0.2) is 49.1 Å². The van der Waals surface area contributed by atoms with Crippen LogP contribution in [0.3, 0.4) is 0 Å². The molecule has 1 aliphatic heterocycles. The van der Waals surface area contributed by atoms with Gasteiger partial charge in [0, 0.05) is 39.1 Å². The number of fused-ring (bicyclic) bond motifs is 2. The minimum absolute atomic E-state index is 0.0606. The predicted octanol–water partition coefficient (Wildman–Crippen LogP) is 2.40. The maximum absolute atomic E-state index is 9.05. The number of hydrogen-bond donors (Lipinski definition) is 3. The van der Waals surface area contributed by atoms with E-state index in [9.17, 15) is 0 Å². The molecule has 0 unspecified atom stereocenters. The number of thiophene rings is 1. The Morgan fingerprint density at radius 3 is 3.04 bits per heavy atom. The van der Waals surface area contributed by atoms with Gasteiger partial charge < -0.3 is 10.5 Å². The van der Waals surface area contributed by atoms with Crippen molar-refractivity contribution in [2.75, 3.05) is 17.0 Å². The largest absolute Gasteiger partial charge is 0.394 e. The Labute approximate surface area is 159 Å². The zero-order chi connectivity index (χ0) is 18.2. The lowest BCUT2D eigenvalue weighted by Gasteiger charge is -2.16. The normalized spacial score (nSPS) is 13.1. The second-order valence-corrected chi connectivity index (χ2v) is 7.40. The van der Waals surface area contributed by atoms with Crippen LogP contribution in [0.1, 0.15) is 4.88 Å². The van der Waals surface area contributed by atoms with Crippen molar-refractivity contribution in [3.8, 4) is 11.3 Å². The van der Waals surface area contributed by atoms with Gasteiger partial charge in [-0.25, -0.2) is 4.98 Å². The van der Waals surface area contributed by atoms with Crippen molar-refractivity contribution in [1.29, 1.82) is 0 Å². The molecule has 5 rings (SSSR count). The Kier molecular flexibility index (Phi) is 3.97. The second kappa shape index (κ2) is 6.62. The van der Waals surface area contributed by atoms with Crippen LogP contribution in [0.5, 0.6) is 0 Å². The number of nitrogens with one attached hydrogen (secondary N) is 2. The van der Waals surface area contributed by atoms with E-state index in [2.05, 4.69) is 27.1 Å². The molecule has 27 heavy (non-hydrogen) atoms. The van der Waals surface area contributed by atoms with Gasteiger partial charge in [0.1, 0.15) is 0 Å². The van der Waals surface area contributed by atoms with Crippen molar-refractivity contribution in [1.82, 2.24) is 25.3 Å². The standard InChI is InChI=1S/C18H17N7OS/c26-6-5-24-10-13(9-20-24)15-1-2-16-18(21-15)25(23-22-16)11-14-7-12-8-19-4-3-17(12)27-14/h1-4,7-10,22-23,26H,5-6,11H2. The minimum Gasteiger partial charge on any atom is -0.394 e. The maximum atomic E-state index is 9.05. The van der Waals surface area contributed by atoms with Crippen LogP contribution in [0.4, 0.5) is 11.5 Å². The van der Waals surface area contributed by atoms with E-state index in [1.165, 1.54) is 9.58 Å². The van der Waals surface area contributed by atoms with Crippen LogP contribution < -0.4 is 16.0 Å². The van der Waals surface area contributed by atoms with Crippen LogP contribution in [0.2, 0.25) is 0 Å². The molecule has 0 saturated heterocycles. The summed E-state index contributed by atoms with van der Waals surface area (Å²) in [5.74, 6) is 0.845. The van der Waals surface area contributed by atoms with E-state index >= 15 is 0 Å². The molecule has 1 aliphatic rings. The van der Waals surface area contributed by atoms with Gasteiger partial charge in [-0.15, -0.1) is 16.9 Å². The molecule has 0 spiro atoms. The monoisotopic (exact) mass is 379 g/mol. The van der Waals surface area contributed by atoms with Gasteiger partial charge in [0.2, 0.25) is 0 Å². The third-order valence-electron chi connectivity index (χ3n) is 4.40. The van der Waals surface area contributed by atoms with Crippen molar-refractivity contribution in [3.05, 3.63) is 53.9 Å². The Hall–Kier alpha value is -3.01. The van der Waals surface area contributed by atoms with Gasteiger partial charge in [0.15, 0.2) is 5.82 Å². The number of aliphatic hydroxyl groups is 1. The summed E-state index contributed by atoms with van der Waals surface area (Å²) in [6.07, 6.45) is 7.37.